The summed E-state index contributed by atoms with van der Waals surface area (Å²) < 4.78 is 1.74. The van der Waals surface area contributed by atoms with E-state index >= 15 is 0 Å². The molecule has 0 radical (unpaired) electrons. The van der Waals surface area contributed by atoms with Gasteiger partial charge in [0.05, 0.1) is 17.5 Å². The molecule has 1 aliphatic carbocycles. The molecule has 4 rings (SSSR count). The largest absolute Gasteiger partial charge is 0.508 e. The highest BCUT2D eigenvalue weighted by atomic mass is 16.3. The number of nitriles is 1. The predicted molar refractivity (Wildman–Crippen MR) is 125 cm³/mol. The van der Waals surface area contributed by atoms with E-state index in [1.807, 2.05) is 30.3 Å². The van der Waals surface area contributed by atoms with E-state index in [0.717, 1.165) is 29.3 Å². The Morgan fingerprint density at radius 3 is 2.67 bits per heavy atom. The minimum atomic E-state index is -0.621. The van der Waals surface area contributed by atoms with Gasteiger partial charge < -0.3 is 20.3 Å². The highest BCUT2D eigenvalue weighted by Crippen LogP contribution is 2.27. The Bertz CT molecular complexity index is 1200. The molecule has 2 amide bonds. The SMILES string of the molecule is Cn1c(C(=O)N[C@H]2CCCC[C@H]2C(=O)NC(C#N)Cc2ccccc2)cc2ccc(O)cc21. The van der Waals surface area contributed by atoms with Crippen LogP contribution in [0.25, 0.3) is 10.9 Å². The second-order valence-corrected chi connectivity index (χ2v) is 8.68. The number of rotatable bonds is 6. The van der Waals surface area contributed by atoms with E-state index < -0.39 is 6.04 Å². The second-order valence-electron chi connectivity index (χ2n) is 8.68. The number of carbonyl (C=O) groups is 2. The van der Waals surface area contributed by atoms with Crippen molar-refractivity contribution in [3.63, 3.8) is 0 Å². The van der Waals surface area contributed by atoms with E-state index in [9.17, 15) is 20.0 Å². The van der Waals surface area contributed by atoms with Gasteiger partial charge in [0.25, 0.3) is 5.91 Å². The molecule has 1 fully saturated rings. The number of aromatic hydroxyl groups is 1. The minimum absolute atomic E-state index is 0.141. The number of hydrogen-bond donors (Lipinski definition) is 3. The fourth-order valence-corrected chi connectivity index (χ4v) is 4.65. The van der Waals surface area contributed by atoms with Crippen LogP contribution in [0.4, 0.5) is 0 Å². The number of hydrogen-bond acceptors (Lipinski definition) is 4. The lowest BCUT2D eigenvalue weighted by molar-refractivity contribution is -0.127. The molecule has 1 saturated carbocycles. The van der Waals surface area contributed by atoms with Crippen molar-refractivity contribution < 1.29 is 14.7 Å². The Morgan fingerprint density at radius 2 is 1.91 bits per heavy atom. The molecule has 0 aliphatic heterocycles. The maximum atomic E-state index is 13.1. The van der Waals surface area contributed by atoms with E-state index in [2.05, 4.69) is 16.7 Å². The predicted octanol–water partition coefficient (Wildman–Crippen LogP) is 3.42. The number of phenolic OH excluding ortho intramolecular Hbond substituents is 1. The van der Waals surface area contributed by atoms with E-state index in [1.54, 1.807) is 35.9 Å². The number of benzene rings is 2. The maximum absolute atomic E-state index is 13.1. The van der Waals surface area contributed by atoms with Crippen LogP contribution in [-0.2, 0) is 18.3 Å². The van der Waals surface area contributed by atoms with Gasteiger partial charge in [0, 0.05) is 31.0 Å². The van der Waals surface area contributed by atoms with Gasteiger partial charge in [0.1, 0.15) is 17.5 Å². The molecule has 0 bridgehead atoms. The fraction of sp³-hybridized carbons (Fsp3) is 0.346. The third-order valence-electron chi connectivity index (χ3n) is 6.44. The number of nitrogens with one attached hydrogen (secondary N) is 2. The summed E-state index contributed by atoms with van der Waals surface area (Å²) in [6, 6.07) is 17.6. The van der Waals surface area contributed by atoms with Gasteiger partial charge in [0.2, 0.25) is 5.91 Å². The quantitative estimate of drug-likeness (QED) is 0.541. The third kappa shape index (κ3) is 5.01. The molecule has 3 aromatic rings. The van der Waals surface area contributed by atoms with E-state index in [1.165, 1.54) is 0 Å². The topological polar surface area (TPSA) is 107 Å². The highest BCUT2D eigenvalue weighted by molar-refractivity contribution is 5.99. The zero-order chi connectivity index (χ0) is 23.4. The molecule has 0 spiro atoms. The van der Waals surface area contributed by atoms with Crippen molar-refractivity contribution >= 4 is 22.7 Å². The van der Waals surface area contributed by atoms with E-state index in [0.29, 0.717) is 25.0 Å². The molecule has 170 valence electrons. The van der Waals surface area contributed by atoms with Crippen molar-refractivity contribution in [1.29, 1.82) is 5.26 Å². The first-order valence-electron chi connectivity index (χ1n) is 11.3. The molecule has 33 heavy (non-hydrogen) atoms. The van der Waals surface area contributed by atoms with Crippen LogP contribution in [0, 0.1) is 17.2 Å². The molecule has 3 N–H and O–H groups in total. The van der Waals surface area contributed by atoms with Crippen LogP contribution < -0.4 is 10.6 Å². The Hall–Kier alpha value is -3.79. The highest BCUT2D eigenvalue weighted by Gasteiger charge is 2.33. The first-order chi connectivity index (χ1) is 16.0. The molecule has 7 heteroatoms. The summed E-state index contributed by atoms with van der Waals surface area (Å²) in [4.78, 5) is 26.2. The van der Waals surface area contributed by atoms with Gasteiger partial charge in [0.15, 0.2) is 0 Å². The normalized spacial score (nSPS) is 18.9. The minimum Gasteiger partial charge on any atom is -0.508 e. The lowest BCUT2D eigenvalue weighted by atomic mass is 9.83. The summed E-state index contributed by atoms with van der Waals surface area (Å²) >= 11 is 0. The number of carbonyl (C=O) groups excluding carboxylic acids is 2. The van der Waals surface area contributed by atoms with Crippen LogP contribution >= 0.6 is 0 Å². The summed E-state index contributed by atoms with van der Waals surface area (Å²) in [5.74, 6) is -0.682. The fourth-order valence-electron chi connectivity index (χ4n) is 4.65. The number of aryl methyl sites for hydroxylation is 1. The van der Waals surface area contributed by atoms with Crippen molar-refractivity contribution in [2.24, 2.45) is 13.0 Å². The molecule has 0 saturated heterocycles. The summed E-state index contributed by atoms with van der Waals surface area (Å²) in [5, 5.41) is 26.1. The Kier molecular flexibility index (Phi) is 6.64. The van der Waals surface area contributed by atoms with Gasteiger partial charge in [-0.15, -0.1) is 0 Å². The van der Waals surface area contributed by atoms with Crippen molar-refractivity contribution in [3.05, 3.63) is 65.9 Å². The average molecular weight is 445 g/mol. The second kappa shape index (κ2) is 9.78. The van der Waals surface area contributed by atoms with E-state index in [-0.39, 0.29) is 29.5 Å². The Morgan fingerprint density at radius 1 is 1.15 bits per heavy atom. The average Bonchev–Trinajstić information content (AvgIpc) is 3.15. The van der Waals surface area contributed by atoms with Gasteiger partial charge in [-0.3, -0.25) is 9.59 Å². The molecular formula is C26H28N4O3. The lowest BCUT2D eigenvalue weighted by Gasteiger charge is -2.31. The van der Waals surface area contributed by atoms with E-state index in [4.69, 9.17) is 0 Å². The first-order valence-corrected chi connectivity index (χ1v) is 11.3. The Labute approximate surface area is 193 Å². The van der Waals surface area contributed by atoms with Crippen LogP contribution in [0.5, 0.6) is 5.75 Å². The molecule has 1 unspecified atom stereocenters. The number of aromatic nitrogens is 1. The molecule has 1 aliphatic rings. The number of amides is 2. The van der Waals surface area contributed by atoms with Crippen LogP contribution in [-0.4, -0.2) is 33.6 Å². The molecule has 7 nitrogen and oxygen atoms in total. The summed E-state index contributed by atoms with van der Waals surface area (Å²) in [6.45, 7) is 0. The van der Waals surface area contributed by atoms with Crippen molar-refractivity contribution in [2.45, 2.75) is 44.2 Å². The summed E-state index contributed by atoms with van der Waals surface area (Å²) in [6.07, 6.45) is 3.67. The zero-order valence-corrected chi connectivity index (χ0v) is 18.6. The summed E-state index contributed by atoms with van der Waals surface area (Å²) in [5.41, 5.74) is 2.22. The van der Waals surface area contributed by atoms with Crippen molar-refractivity contribution in [3.8, 4) is 11.8 Å². The smallest absolute Gasteiger partial charge is 0.268 e. The molecule has 1 aromatic heterocycles. The monoisotopic (exact) mass is 444 g/mol. The zero-order valence-electron chi connectivity index (χ0n) is 18.6. The van der Waals surface area contributed by atoms with Crippen LogP contribution in [0.2, 0.25) is 0 Å². The van der Waals surface area contributed by atoms with Crippen LogP contribution in [0.1, 0.15) is 41.7 Å². The van der Waals surface area contributed by atoms with Gasteiger partial charge in [-0.25, -0.2) is 0 Å². The molecule has 2 aromatic carbocycles. The molecule has 1 heterocycles. The lowest BCUT2D eigenvalue weighted by Crippen LogP contribution is -2.50. The van der Waals surface area contributed by atoms with Crippen LogP contribution in [0.3, 0.4) is 0 Å². The third-order valence-corrected chi connectivity index (χ3v) is 6.44. The number of phenols is 1. The Balaban J connectivity index is 1.46. The molecule has 3 atom stereocenters. The van der Waals surface area contributed by atoms with Crippen LogP contribution in [0.15, 0.2) is 54.6 Å². The van der Waals surface area contributed by atoms with Gasteiger partial charge >= 0.3 is 0 Å². The van der Waals surface area contributed by atoms with Gasteiger partial charge in [-0.1, -0.05) is 43.2 Å². The number of nitrogens with zero attached hydrogens (tertiary/aromatic N) is 2. The van der Waals surface area contributed by atoms with Crippen molar-refractivity contribution in [1.82, 2.24) is 15.2 Å². The number of fused-ring (bicyclic) bond motifs is 1. The summed E-state index contributed by atoms with van der Waals surface area (Å²) in [7, 11) is 1.78. The van der Waals surface area contributed by atoms with Crippen molar-refractivity contribution in [2.75, 3.05) is 0 Å². The maximum Gasteiger partial charge on any atom is 0.268 e. The van der Waals surface area contributed by atoms with Gasteiger partial charge in [-0.2, -0.15) is 5.26 Å². The van der Waals surface area contributed by atoms with Gasteiger partial charge in [-0.05, 0) is 36.6 Å². The standard InChI is InChI=1S/C26H28N4O3/c1-30-23-15-20(31)12-11-18(23)14-24(30)26(33)29-22-10-6-5-9-21(22)25(32)28-19(16-27)13-17-7-3-2-4-8-17/h2-4,7-8,11-12,14-15,19,21-22,31H,5-6,9-10,13H2,1H3,(H,28,32)(H,29,33)/t19?,21-,22+/m1/s1. The first kappa shape index (κ1) is 22.4. The molecular weight excluding hydrogens is 416 g/mol.